The molecule has 1 aromatic heterocycles. The van der Waals surface area contributed by atoms with E-state index >= 15 is 0 Å². The lowest BCUT2D eigenvalue weighted by Gasteiger charge is -2.40. The number of para-hydroxylation sites is 1. The summed E-state index contributed by atoms with van der Waals surface area (Å²) < 4.78 is 1.35. The molecule has 2 aliphatic rings. The average Bonchev–Trinajstić information content (AvgIpc) is 2.98. The molecular formula is C22H21Cl2N3O2. The van der Waals surface area contributed by atoms with Crippen molar-refractivity contribution in [3.8, 4) is 0 Å². The highest BCUT2D eigenvalue weighted by atomic mass is 35.5. The second-order valence-electron chi connectivity index (χ2n) is 8.21. The van der Waals surface area contributed by atoms with E-state index in [4.69, 9.17) is 23.2 Å². The highest BCUT2D eigenvalue weighted by molar-refractivity contribution is 6.34. The van der Waals surface area contributed by atoms with E-state index in [0.717, 1.165) is 19.5 Å². The third kappa shape index (κ3) is 3.12. The number of benzene rings is 2. The van der Waals surface area contributed by atoms with Crippen molar-refractivity contribution in [2.45, 2.75) is 25.4 Å². The third-order valence-electron chi connectivity index (χ3n) is 6.65. The maximum Gasteiger partial charge on any atom is 0.330 e. The fourth-order valence-electron chi connectivity index (χ4n) is 5.10. The van der Waals surface area contributed by atoms with Gasteiger partial charge in [-0.15, -0.1) is 0 Å². The van der Waals surface area contributed by atoms with Gasteiger partial charge in [0.2, 0.25) is 0 Å². The van der Waals surface area contributed by atoms with Crippen molar-refractivity contribution in [1.82, 2.24) is 14.5 Å². The van der Waals surface area contributed by atoms with Crippen LogP contribution in [0.5, 0.6) is 0 Å². The van der Waals surface area contributed by atoms with E-state index in [2.05, 4.69) is 9.88 Å². The SMILES string of the molecule is CC(N1CC2CC(c3cc(Cl)cc(Cl)c3)C2C1)n1c(=O)[nH]c2ccccc2c1=O. The van der Waals surface area contributed by atoms with Crippen LogP contribution in [0.2, 0.25) is 10.0 Å². The van der Waals surface area contributed by atoms with Gasteiger partial charge in [0, 0.05) is 23.1 Å². The summed E-state index contributed by atoms with van der Waals surface area (Å²) in [5, 5.41) is 1.86. The molecular weight excluding hydrogens is 409 g/mol. The number of hydrogen-bond donors (Lipinski definition) is 1. The summed E-state index contributed by atoms with van der Waals surface area (Å²) in [6.07, 6.45) is 0.776. The topological polar surface area (TPSA) is 58.1 Å². The normalized spacial score (nSPS) is 25.0. The largest absolute Gasteiger partial charge is 0.330 e. The first kappa shape index (κ1) is 18.9. The molecule has 5 nitrogen and oxygen atoms in total. The highest BCUT2D eigenvalue weighted by Gasteiger charge is 2.48. The Hall–Kier alpha value is -2.08. The van der Waals surface area contributed by atoms with Crippen LogP contribution >= 0.6 is 23.2 Å². The fourth-order valence-corrected chi connectivity index (χ4v) is 5.64. The summed E-state index contributed by atoms with van der Waals surface area (Å²) >= 11 is 12.4. The summed E-state index contributed by atoms with van der Waals surface area (Å²) in [6, 6.07) is 12.9. The number of hydrogen-bond acceptors (Lipinski definition) is 3. The molecule has 0 spiro atoms. The molecule has 4 atom stereocenters. The molecule has 4 unspecified atom stereocenters. The zero-order valence-corrected chi connectivity index (χ0v) is 17.5. The molecule has 2 heterocycles. The van der Waals surface area contributed by atoms with Crippen LogP contribution in [0.3, 0.4) is 0 Å². The molecule has 150 valence electrons. The van der Waals surface area contributed by atoms with E-state index in [-0.39, 0.29) is 17.4 Å². The van der Waals surface area contributed by atoms with Gasteiger partial charge in [0.1, 0.15) is 0 Å². The lowest BCUT2D eigenvalue weighted by Crippen LogP contribution is -2.43. The van der Waals surface area contributed by atoms with Crippen LogP contribution in [0.4, 0.5) is 0 Å². The summed E-state index contributed by atoms with van der Waals surface area (Å²) in [5.41, 5.74) is 1.15. The Morgan fingerprint density at radius 2 is 1.79 bits per heavy atom. The van der Waals surface area contributed by atoms with E-state index in [9.17, 15) is 9.59 Å². The summed E-state index contributed by atoms with van der Waals surface area (Å²) in [4.78, 5) is 30.7. The molecule has 0 radical (unpaired) electrons. The molecule has 0 bridgehead atoms. The molecule has 3 aromatic rings. The second kappa shape index (κ2) is 7.01. The number of halogens is 2. The smallest absolute Gasteiger partial charge is 0.307 e. The summed E-state index contributed by atoms with van der Waals surface area (Å²) in [5.74, 6) is 1.47. The standard InChI is InChI=1S/C22H21Cl2N3O2/c1-12(27-21(28)17-4-2-3-5-20(17)25-22(27)29)26-10-14-8-18(19(14)11-26)13-6-15(23)9-16(24)7-13/h2-7,9,12,14,18-19H,8,10-11H2,1H3,(H,25,29). The Morgan fingerprint density at radius 1 is 1.07 bits per heavy atom. The van der Waals surface area contributed by atoms with Crippen molar-refractivity contribution in [2.75, 3.05) is 13.1 Å². The molecule has 1 aliphatic heterocycles. The molecule has 0 amide bonds. The van der Waals surface area contributed by atoms with Gasteiger partial charge in [-0.2, -0.15) is 0 Å². The number of aromatic amines is 1. The monoisotopic (exact) mass is 429 g/mol. The average molecular weight is 430 g/mol. The van der Waals surface area contributed by atoms with Crippen molar-refractivity contribution in [2.24, 2.45) is 11.8 Å². The number of aromatic nitrogens is 2. The Balaban J connectivity index is 1.42. The van der Waals surface area contributed by atoms with Crippen LogP contribution in [-0.2, 0) is 0 Å². The van der Waals surface area contributed by atoms with Crippen molar-refractivity contribution in [3.05, 3.63) is 78.9 Å². The fraction of sp³-hybridized carbons (Fsp3) is 0.364. The van der Waals surface area contributed by atoms with Gasteiger partial charge >= 0.3 is 5.69 Å². The Morgan fingerprint density at radius 3 is 2.55 bits per heavy atom. The van der Waals surface area contributed by atoms with Gasteiger partial charge in [0.05, 0.1) is 17.1 Å². The molecule has 1 aliphatic carbocycles. The van der Waals surface area contributed by atoms with Gasteiger partial charge in [-0.3, -0.25) is 9.69 Å². The summed E-state index contributed by atoms with van der Waals surface area (Å²) in [7, 11) is 0. The van der Waals surface area contributed by atoms with E-state index in [1.807, 2.05) is 31.2 Å². The van der Waals surface area contributed by atoms with Gasteiger partial charge in [0.25, 0.3) is 5.56 Å². The molecule has 2 aromatic carbocycles. The maximum atomic E-state index is 13.0. The zero-order chi connectivity index (χ0) is 20.3. The number of fused-ring (bicyclic) bond motifs is 2. The summed E-state index contributed by atoms with van der Waals surface area (Å²) in [6.45, 7) is 3.66. The minimum Gasteiger partial charge on any atom is -0.307 e. The Kier molecular flexibility index (Phi) is 4.57. The second-order valence-corrected chi connectivity index (χ2v) is 9.08. The lowest BCUT2D eigenvalue weighted by atomic mass is 9.64. The van der Waals surface area contributed by atoms with Crippen molar-refractivity contribution >= 4 is 34.1 Å². The highest BCUT2D eigenvalue weighted by Crippen LogP contribution is 2.52. The van der Waals surface area contributed by atoms with Crippen LogP contribution in [0, 0.1) is 11.8 Å². The van der Waals surface area contributed by atoms with Gasteiger partial charge < -0.3 is 4.98 Å². The minimum absolute atomic E-state index is 0.241. The van der Waals surface area contributed by atoms with Crippen LogP contribution in [0.1, 0.15) is 31.0 Å². The van der Waals surface area contributed by atoms with Crippen LogP contribution in [0.25, 0.3) is 10.9 Å². The number of likely N-dealkylation sites (tertiary alicyclic amines) is 1. The van der Waals surface area contributed by atoms with E-state index in [0.29, 0.717) is 38.7 Å². The van der Waals surface area contributed by atoms with Gasteiger partial charge in [-0.25, -0.2) is 9.36 Å². The van der Waals surface area contributed by atoms with Crippen LogP contribution in [0.15, 0.2) is 52.1 Å². The number of nitrogens with one attached hydrogen (secondary N) is 1. The molecule has 2 fully saturated rings. The molecule has 1 saturated carbocycles. The Bertz CT molecular complexity index is 1200. The first-order valence-corrected chi connectivity index (χ1v) is 10.6. The van der Waals surface area contributed by atoms with Crippen LogP contribution in [-0.4, -0.2) is 27.5 Å². The van der Waals surface area contributed by atoms with E-state index < -0.39 is 0 Å². The molecule has 1 N–H and O–H groups in total. The number of rotatable bonds is 3. The van der Waals surface area contributed by atoms with Crippen molar-refractivity contribution in [1.29, 1.82) is 0 Å². The molecule has 1 saturated heterocycles. The van der Waals surface area contributed by atoms with Crippen molar-refractivity contribution < 1.29 is 0 Å². The predicted octanol–water partition coefficient (Wildman–Crippen LogP) is 4.25. The Labute approximate surface area is 177 Å². The van der Waals surface area contributed by atoms with E-state index in [1.54, 1.807) is 18.2 Å². The molecule has 5 rings (SSSR count). The minimum atomic E-state index is -0.362. The number of H-pyrrole nitrogens is 1. The predicted molar refractivity (Wildman–Crippen MR) is 116 cm³/mol. The number of nitrogens with zero attached hydrogens (tertiary/aromatic N) is 2. The first-order chi connectivity index (χ1) is 13.9. The van der Waals surface area contributed by atoms with Crippen LogP contribution < -0.4 is 11.2 Å². The third-order valence-corrected chi connectivity index (χ3v) is 7.08. The van der Waals surface area contributed by atoms with Gasteiger partial charge in [-0.05, 0) is 67.0 Å². The first-order valence-electron chi connectivity index (χ1n) is 9.86. The van der Waals surface area contributed by atoms with Gasteiger partial charge in [0.15, 0.2) is 0 Å². The lowest BCUT2D eigenvalue weighted by molar-refractivity contribution is 0.178. The molecule has 29 heavy (non-hydrogen) atoms. The maximum absolute atomic E-state index is 13.0. The quantitative estimate of drug-likeness (QED) is 0.676. The van der Waals surface area contributed by atoms with E-state index in [1.165, 1.54) is 10.1 Å². The van der Waals surface area contributed by atoms with Crippen molar-refractivity contribution in [3.63, 3.8) is 0 Å². The van der Waals surface area contributed by atoms with Gasteiger partial charge in [-0.1, -0.05) is 35.3 Å². The zero-order valence-electron chi connectivity index (χ0n) is 15.9. The molecule has 7 heteroatoms.